The quantitative estimate of drug-likeness (QED) is 0.882. The van der Waals surface area contributed by atoms with Crippen LogP contribution in [0.3, 0.4) is 0 Å². The van der Waals surface area contributed by atoms with Crippen LogP contribution in [-0.4, -0.2) is 17.6 Å². The Morgan fingerprint density at radius 2 is 2.09 bits per heavy atom. The summed E-state index contributed by atoms with van der Waals surface area (Å²) < 4.78 is 0. The van der Waals surface area contributed by atoms with Crippen LogP contribution in [-0.2, 0) is 9.59 Å². The molecule has 2 aromatic rings. The van der Waals surface area contributed by atoms with Crippen molar-refractivity contribution in [1.29, 1.82) is 0 Å². The van der Waals surface area contributed by atoms with Crippen molar-refractivity contribution in [2.45, 2.75) is 11.3 Å². The van der Waals surface area contributed by atoms with Crippen LogP contribution in [0.15, 0.2) is 53.4 Å². The summed E-state index contributed by atoms with van der Waals surface area (Å²) in [4.78, 5) is 25.5. The second-order valence-corrected chi connectivity index (χ2v) is 6.75. The number of rotatable bonds is 3. The molecule has 4 nitrogen and oxygen atoms in total. The van der Waals surface area contributed by atoms with E-state index < -0.39 is 0 Å². The first kappa shape index (κ1) is 15.9. The minimum absolute atomic E-state index is 0.122. The van der Waals surface area contributed by atoms with Gasteiger partial charge in [-0.05, 0) is 30.3 Å². The molecule has 1 atom stereocenters. The first-order valence-electron chi connectivity index (χ1n) is 7.20. The maximum atomic E-state index is 12.3. The number of nitrogens with one attached hydrogen (secondary N) is 2. The predicted octanol–water partition coefficient (Wildman–Crippen LogP) is 4.03. The average Bonchev–Trinajstić information content (AvgIpc) is 2.67. The van der Waals surface area contributed by atoms with Crippen molar-refractivity contribution in [3.05, 3.63) is 53.6 Å². The summed E-state index contributed by atoms with van der Waals surface area (Å²) in [5.74, 6) is -0.111. The summed E-state index contributed by atoms with van der Waals surface area (Å²) in [6.07, 6.45) is 0.138. The van der Waals surface area contributed by atoms with Crippen molar-refractivity contribution in [2.24, 2.45) is 5.92 Å². The van der Waals surface area contributed by atoms with Crippen LogP contribution >= 0.6 is 23.4 Å². The Morgan fingerprint density at radius 1 is 1.26 bits per heavy atom. The van der Waals surface area contributed by atoms with Gasteiger partial charge in [0.1, 0.15) is 0 Å². The smallest absolute Gasteiger partial charge is 0.228 e. The van der Waals surface area contributed by atoms with Crippen LogP contribution in [0.1, 0.15) is 6.42 Å². The van der Waals surface area contributed by atoms with Gasteiger partial charge in [-0.2, -0.15) is 0 Å². The molecule has 0 radical (unpaired) electrons. The molecule has 0 saturated carbocycles. The predicted molar refractivity (Wildman–Crippen MR) is 94.0 cm³/mol. The van der Waals surface area contributed by atoms with Crippen LogP contribution in [0.2, 0.25) is 5.02 Å². The molecular formula is C17H15ClN2O2S. The molecule has 1 heterocycles. The van der Waals surface area contributed by atoms with Crippen molar-refractivity contribution in [1.82, 2.24) is 0 Å². The molecule has 3 rings (SSSR count). The third kappa shape index (κ3) is 4.06. The molecule has 2 aromatic carbocycles. The Morgan fingerprint density at radius 3 is 2.91 bits per heavy atom. The Labute approximate surface area is 143 Å². The third-order valence-corrected chi connectivity index (χ3v) is 4.97. The lowest BCUT2D eigenvalue weighted by molar-refractivity contribution is -0.124. The van der Waals surface area contributed by atoms with E-state index >= 15 is 0 Å². The number of hydrogen-bond acceptors (Lipinski definition) is 3. The van der Waals surface area contributed by atoms with Gasteiger partial charge in [0.2, 0.25) is 11.8 Å². The number of carbonyl (C=O) groups excluding carboxylic acids is 2. The molecule has 0 fully saturated rings. The molecule has 1 aliphatic heterocycles. The number of thioether (sulfide) groups is 1. The number of halogens is 1. The van der Waals surface area contributed by atoms with Crippen molar-refractivity contribution < 1.29 is 9.59 Å². The van der Waals surface area contributed by atoms with Crippen LogP contribution in [0.5, 0.6) is 0 Å². The van der Waals surface area contributed by atoms with Gasteiger partial charge in [0, 0.05) is 27.8 Å². The molecular weight excluding hydrogens is 332 g/mol. The number of anilines is 2. The van der Waals surface area contributed by atoms with E-state index in [2.05, 4.69) is 10.6 Å². The summed E-state index contributed by atoms with van der Waals surface area (Å²) in [5, 5.41) is 6.23. The van der Waals surface area contributed by atoms with Crippen LogP contribution in [0, 0.1) is 5.92 Å². The lowest BCUT2D eigenvalue weighted by Crippen LogP contribution is -2.27. The van der Waals surface area contributed by atoms with E-state index in [0.29, 0.717) is 16.5 Å². The summed E-state index contributed by atoms with van der Waals surface area (Å²) in [7, 11) is 0. The maximum absolute atomic E-state index is 12.3. The molecule has 6 heteroatoms. The fourth-order valence-electron chi connectivity index (χ4n) is 2.35. The first-order valence-corrected chi connectivity index (χ1v) is 8.56. The van der Waals surface area contributed by atoms with Crippen molar-refractivity contribution in [2.75, 3.05) is 16.4 Å². The van der Waals surface area contributed by atoms with Crippen molar-refractivity contribution in [3.8, 4) is 0 Å². The zero-order chi connectivity index (χ0) is 16.2. The molecule has 2 N–H and O–H groups in total. The second kappa shape index (κ2) is 7.06. The highest BCUT2D eigenvalue weighted by molar-refractivity contribution is 7.99. The molecule has 0 bridgehead atoms. The largest absolute Gasteiger partial charge is 0.326 e. The first-order chi connectivity index (χ1) is 11.1. The van der Waals surface area contributed by atoms with E-state index in [9.17, 15) is 9.59 Å². The van der Waals surface area contributed by atoms with Gasteiger partial charge in [-0.1, -0.05) is 29.8 Å². The minimum Gasteiger partial charge on any atom is -0.326 e. The van der Waals surface area contributed by atoms with Gasteiger partial charge in [0.15, 0.2) is 0 Å². The number of fused-ring (bicyclic) bond motifs is 1. The van der Waals surface area contributed by atoms with E-state index in [1.165, 1.54) is 0 Å². The third-order valence-electron chi connectivity index (χ3n) is 3.50. The zero-order valence-corrected chi connectivity index (χ0v) is 13.8. The Kier molecular flexibility index (Phi) is 4.88. The highest BCUT2D eigenvalue weighted by atomic mass is 35.5. The molecule has 23 heavy (non-hydrogen) atoms. The van der Waals surface area contributed by atoms with Crippen molar-refractivity contribution in [3.63, 3.8) is 0 Å². The fraction of sp³-hybridized carbons (Fsp3) is 0.176. The van der Waals surface area contributed by atoms with E-state index in [0.717, 1.165) is 10.6 Å². The summed E-state index contributed by atoms with van der Waals surface area (Å²) in [6.45, 7) is 0. The van der Waals surface area contributed by atoms with Gasteiger partial charge >= 0.3 is 0 Å². The highest BCUT2D eigenvalue weighted by Gasteiger charge is 2.26. The summed E-state index contributed by atoms with van der Waals surface area (Å²) >= 11 is 7.49. The molecule has 2 amide bonds. The van der Waals surface area contributed by atoms with E-state index in [4.69, 9.17) is 11.6 Å². The van der Waals surface area contributed by atoms with Gasteiger partial charge in [-0.3, -0.25) is 9.59 Å². The fourth-order valence-corrected chi connectivity index (χ4v) is 3.64. The Hall–Kier alpha value is -1.98. The van der Waals surface area contributed by atoms with Gasteiger partial charge < -0.3 is 10.6 Å². The van der Waals surface area contributed by atoms with Crippen LogP contribution < -0.4 is 10.6 Å². The monoisotopic (exact) mass is 346 g/mol. The Balaban J connectivity index is 1.64. The lowest BCUT2D eigenvalue weighted by atomic mass is 10.1. The maximum Gasteiger partial charge on any atom is 0.228 e. The highest BCUT2D eigenvalue weighted by Crippen LogP contribution is 2.33. The van der Waals surface area contributed by atoms with E-state index in [1.807, 2.05) is 24.3 Å². The molecule has 0 spiro atoms. The molecule has 0 aromatic heterocycles. The van der Waals surface area contributed by atoms with Gasteiger partial charge in [0.05, 0.1) is 11.6 Å². The molecule has 1 aliphatic rings. The molecule has 1 unspecified atom stereocenters. The van der Waals surface area contributed by atoms with Crippen LogP contribution in [0.4, 0.5) is 11.4 Å². The SMILES string of the molecule is O=C(CC1CSc2ccccc2NC1=O)Nc1cccc(Cl)c1. The lowest BCUT2D eigenvalue weighted by Gasteiger charge is -2.12. The van der Waals surface area contributed by atoms with Crippen LogP contribution in [0.25, 0.3) is 0 Å². The number of hydrogen-bond donors (Lipinski definition) is 2. The average molecular weight is 347 g/mol. The molecule has 0 aliphatic carbocycles. The summed E-state index contributed by atoms with van der Waals surface area (Å²) in [6, 6.07) is 14.6. The van der Waals surface area contributed by atoms with E-state index in [1.54, 1.807) is 36.0 Å². The number of amides is 2. The minimum atomic E-state index is -0.369. The summed E-state index contributed by atoms with van der Waals surface area (Å²) in [5.41, 5.74) is 1.44. The number of benzene rings is 2. The Bertz CT molecular complexity index is 751. The van der Waals surface area contributed by atoms with Crippen molar-refractivity contribution >= 4 is 46.6 Å². The topological polar surface area (TPSA) is 58.2 Å². The van der Waals surface area contributed by atoms with Gasteiger partial charge in [-0.15, -0.1) is 11.8 Å². The van der Waals surface area contributed by atoms with Gasteiger partial charge in [-0.25, -0.2) is 0 Å². The van der Waals surface area contributed by atoms with Gasteiger partial charge in [0.25, 0.3) is 0 Å². The second-order valence-electron chi connectivity index (χ2n) is 5.26. The van der Waals surface area contributed by atoms with E-state index in [-0.39, 0.29) is 24.2 Å². The molecule has 118 valence electrons. The zero-order valence-electron chi connectivity index (χ0n) is 12.2. The number of para-hydroxylation sites is 1. The molecule has 0 saturated heterocycles. The number of carbonyl (C=O) groups is 2. The standard InChI is InChI=1S/C17H15ClN2O2S/c18-12-4-3-5-13(9-12)19-16(21)8-11-10-23-15-7-2-1-6-14(15)20-17(11)22/h1-7,9,11H,8,10H2,(H,19,21)(H,20,22). The normalized spacial score (nSPS) is 16.9.